The quantitative estimate of drug-likeness (QED) is 0.905. The van der Waals surface area contributed by atoms with E-state index >= 15 is 0 Å². The first-order valence-electron chi connectivity index (χ1n) is 7.54. The van der Waals surface area contributed by atoms with Gasteiger partial charge in [0.15, 0.2) is 0 Å². The van der Waals surface area contributed by atoms with Gasteiger partial charge in [-0.1, -0.05) is 44.2 Å². The summed E-state index contributed by atoms with van der Waals surface area (Å²) >= 11 is 6.00. The van der Waals surface area contributed by atoms with Gasteiger partial charge in [-0.3, -0.25) is 0 Å². The Morgan fingerprint density at radius 2 is 2.05 bits per heavy atom. The number of nitrogen functional groups attached to an aromatic ring is 1. The van der Waals surface area contributed by atoms with Crippen LogP contribution in [0.4, 0.5) is 5.95 Å². The number of hydrogen-bond acceptors (Lipinski definition) is 2. The molecule has 1 fully saturated rings. The van der Waals surface area contributed by atoms with Crippen molar-refractivity contribution in [2.75, 3.05) is 5.73 Å². The average Bonchev–Trinajstić information content (AvgIpc) is 2.73. The number of benzene rings is 1. The third-order valence-corrected chi connectivity index (χ3v) is 4.87. The summed E-state index contributed by atoms with van der Waals surface area (Å²) < 4.78 is 2.13. The van der Waals surface area contributed by atoms with Gasteiger partial charge in [0.05, 0.1) is 11.0 Å². The number of aromatic nitrogens is 2. The maximum absolute atomic E-state index is 6.05. The predicted octanol–water partition coefficient (Wildman–Crippen LogP) is 4.49. The molecule has 0 bridgehead atoms. The van der Waals surface area contributed by atoms with Crippen LogP contribution in [-0.4, -0.2) is 9.55 Å². The minimum absolute atomic E-state index is 0.603. The average molecular weight is 292 g/mol. The van der Waals surface area contributed by atoms with Crippen molar-refractivity contribution in [2.24, 2.45) is 11.8 Å². The highest BCUT2D eigenvalue weighted by atomic mass is 35.5. The van der Waals surface area contributed by atoms with Crippen molar-refractivity contribution in [3.63, 3.8) is 0 Å². The molecule has 1 aliphatic carbocycles. The third-order valence-electron chi connectivity index (χ3n) is 4.64. The molecule has 1 heterocycles. The molecule has 1 aromatic carbocycles. The lowest BCUT2D eigenvalue weighted by Crippen LogP contribution is -2.15. The SMILES string of the molecule is CC1CCC(CCn2c(N)nc3cc(Cl)ccc32)CC1. The van der Waals surface area contributed by atoms with E-state index in [2.05, 4.69) is 16.5 Å². The van der Waals surface area contributed by atoms with Gasteiger partial charge < -0.3 is 10.3 Å². The predicted molar refractivity (Wildman–Crippen MR) is 84.9 cm³/mol. The molecular weight excluding hydrogens is 270 g/mol. The van der Waals surface area contributed by atoms with Crippen LogP contribution in [0.25, 0.3) is 11.0 Å². The minimum atomic E-state index is 0.603. The maximum atomic E-state index is 6.05. The van der Waals surface area contributed by atoms with Crippen molar-refractivity contribution in [2.45, 2.75) is 45.6 Å². The maximum Gasteiger partial charge on any atom is 0.201 e. The molecule has 3 rings (SSSR count). The number of rotatable bonds is 3. The van der Waals surface area contributed by atoms with Crippen molar-refractivity contribution in [3.8, 4) is 0 Å². The molecule has 108 valence electrons. The summed E-state index contributed by atoms with van der Waals surface area (Å²) in [5, 5.41) is 0.711. The highest BCUT2D eigenvalue weighted by Crippen LogP contribution is 2.31. The summed E-state index contributed by atoms with van der Waals surface area (Å²) in [4.78, 5) is 4.41. The fourth-order valence-corrected chi connectivity index (χ4v) is 3.45. The van der Waals surface area contributed by atoms with E-state index in [0.717, 1.165) is 29.4 Å². The number of nitrogens with zero attached hydrogens (tertiary/aromatic N) is 2. The number of fused-ring (bicyclic) bond motifs is 1. The van der Waals surface area contributed by atoms with Gasteiger partial charge in [0, 0.05) is 11.6 Å². The number of anilines is 1. The van der Waals surface area contributed by atoms with Gasteiger partial charge in [-0.2, -0.15) is 0 Å². The molecule has 20 heavy (non-hydrogen) atoms. The second-order valence-corrected chi connectivity index (χ2v) is 6.61. The minimum Gasteiger partial charge on any atom is -0.369 e. The second-order valence-electron chi connectivity index (χ2n) is 6.17. The van der Waals surface area contributed by atoms with Crippen LogP contribution in [0.3, 0.4) is 0 Å². The Bertz CT molecular complexity index is 597. The van der Waals surface area contributed by atoms with Crippen molar-refractivity contribution < 1.29 is 0 Å². The largest absolute Gasteiger partial charge is 0.369 e. The number of hydrogen-bond donors (Lipinski definition) is 1. The first-order chi connectivity index (χ1) is 9.63. The summed E-state index contributed by atoms with van der Waals surface area (Å²) in [5.41, 5.74) is 8.04. The van der Waals surface area contributed by atoms with E-state index in [4.69, 9.17) is 17.3 Å². The lowest BCUT2D eigenvalue weighted by molar-refractivity contribution is 0.270. The Hall–Kier alpha value is -1.22. The van der Waals surface area contributed by atoms with Crippen LogP contribution in [0, 0.1) is 11.8 Å². The van der Waals surface area contributed by atoms with E-state index in [1.807, 2.05) is 18.2 Å². The molecule has 0 radical (unpaired) electrons. The van der Waals surface area contributed by atoms with Gasteiger partial charge in [-0.05, 0) is 36.5 Å². The molecule has 3 nitrogen and oxygen atoms in total. The molecule has 0 amide bonds. The molecule has 2 aromatic rings. The molecule has 0 atom stereocenters. The first kappa shape index (κ1) is 13.7. The lowest BCUT2D eigenvalue weighted by Gasteiger charge is -2.26. The lowest BCUT2D eigenvalue weighted by atomic mass is 9.81. The van der Waals surface area contributed by atoms with E-state index in [1.54, 1.807) is 0 Å². The number of aryl methyl sites for hydroxylation is 1. The zero-order valence-corrected chi connectivity index (χ0v) is 12.7. The second kappa shape index (κ2) is 5.65. The van der Waals surface area contributed by atoms with Crippen LogP contribution in [0.5, 0.6) is 0 Å². The Kier molecular flexibility index (Phi) is 3.88. The molecule has 4 heteroatoms. The van der Waals surface area contributed by atoms with Crippen LogP contribution in [0.1, 0.15) is 39.0 Å². The summed E-state index contributed by atoms with van der Waals surface area (Å²) in [6, 6.07) is 5.81. The molecule has 2 N–H and O–H groups in total. The van der Waals surface area contributed by atoms with Gasteiger partial charge in [0.25, 0.3) is 0 Å². The zero-order valence-electron chi connectivity index (χ0n) is 12.0. The highest BCUT2D eigenvalue weighted by molar-refractivity contribution is 6.31. The Morgan fingerprint density at radius 3 is 2.80 bits per heavy atom. The van der Waals surface area contributed by atoms with E-state index < -0.39 is 0 Å². The summed E-state index contributed by atoms with van der Waals surface area (Å²) in [7, 11) is 0. The van der Waals surface area contributed by atoms with Gasteiger partial charge in [0.2, 0.25) is 5.95 Å². The van der Waals surface area contributed by atoms with Gasteiger partial charge in [-0.25, -0.2) is 4.98 Å². The van der Waals surface area contributed by atoms with Crippen molar-refractivity contribution in [3.05, 3.63) is 23.2 Å². The molecule has 0 unspecified atom stereocenters. The Labute approximate surface area is 125 Å². The van der Waals surface area contributed by atoms with E-state index in [-0.39, 0.29) is 0 Å². The van der Waals surface area contributed by atoms with Crippen LogP contribution in [-0.2, 0) is 6.54 Å². The fraction of sp³-hybridized carbons (Fsp3) is 0.562. The standard InChI is InChI=1S/C16H22ClN3/c1-11-2-4-12(5-3-11)8-9-20-15-7-6-13(17)10-14(15)19-16(20)18/h6-7,10-12H,2-5,8-9H2,1H3,(H2,18,19). The van der Waals surface area contributed by atoms with Crippen molar-refractivity contribution in [1.29, 1.82) is 0 Å². The number of nitrogens with two attached hydrogens (primary N) is 1. The normalized spacial score (nSPS) is 23.3. The molecule has 0 saturated heterocycles. The zero-order chi connectivity index (χ0) is 14.1. The van der Waals surface area contributed by atoms with E-state index in [1.165, 1.54) is 32.1 Å². The molecule has 1 aliphatic rings. The Balaban J connectivity index is 1.72. The van der Waals surface area contributed by atoms with Gasteiger partial charge in [0.1, 0.15) is 0 Å². The first-order valence-corrected chi connectivity index (χ1v) is 7.92. The monoisotopic (exact) mass is 291 g/mol. The molecule has 0 aliphatic heterocycles. The number of halogens is 1. The van der Waals surface area contributed by atoms with Crippen molar-refractivity contribution >= 4 is 28.6 Å². The van der Waals surface area contributed by atoms with Gasteiger partial charge in [-0.15, -0.1) is 0 Å². The molecule has 1 saturated carbocycles. The van der Waals surface area contributed by atoms with Crippen LogP contribution >= 0.6 is 11.6 Å². The molecule has 1 aromatic heterocycles. The molecule has 0 spiro atoms. The summed E-state index contributed by atoms with van der Waals surface area (Å²) in [5.74, 6) is 2.36. The smallest absolute Gasteiger partial charge is 0.201 e. The third kappa shape index (κ3) is 2.78. The van der Waals surface area contributed by atoms with Crippen LogP contribution < -0.4 is 5.73 Å². The van der Waals surface area contributed by atoms with Crippen molar-refractivity contribution in [1.82, 2.24) is 9.55 Å². The van der Waals surface area contributed by atoms with Crippen LogP contribution in [0.15, 0.2) is 18.2 Å². The summed E-state index contributed by atoms with van der Waals surface area (Å²) in [6.07, 6.45) is 6.67. The van der Waals surface area contributed by atoms with Crippen LogP contribution in [0.2, 0.25) is 5.02 Å². The van der Waals surface area contributed by atoms with Gasteiger partial charge >= 0.3 is 0 Å². The number of imidazole rings is 1. The van der Waals surface area contributed by atoms with E-state index in [9.17, 15) is 0 Å². The highest BCUT2D eigenvalue weighted by Gasteiger charge is 2.18. The molecular formula is C16H22ClN3. The Morgan fingerprint density at radius 1 is 1.30 bits per heavy atom. The fourth-order valence-electron chi connectivity index (χ4n) is 3.29. The van der Waals surface area contributed by atoms with E-state index in [0.29, 0.717) is 11.0 Å². The topological polar surface area (TPSA) is 43.8 Å². The summed E-state index contributed by atoms with van der Waals surface area (Å²) in [6.45, 7) is 3.32.